The summed E-state index contributed by atoms with van der Waals surface area (Å²) in [5, 5.41) is 0. The van der Waals surface area contributed by atoms with Gasteiger partial charge in [0.25, 0.3) is 0 Å². The molecule has 6 heteroatoms. The first kappa shape index (κ1) is 13.3. The van der Waals surface area contributed by atoms with Crippen molar-refractivity contribution in [3.05, 3.63) is 53.6 Å². The summed E-state index contributed by atoms with van der Waals surface area (Å²) in [4.78, 5) is 0. The molecule has 0 spiro atoms. The molecule has 2 N–H and O–H groups in total. The molecule has 2 aromatic rings. The highest BCUT2D eigenvalue weighted by atomic mass is 19.4. The van der Waals surface area contributed by atoms with Crippen molar-refractivity contribution >= 4 is 5.69 Å². The zero-order valence-corrected chi connectivity index (χ0v) is 9.43. The first-order valence-corrected chi connectivity index (χ1v) is 5.22. The quantitative estimate of drug-likeness (QED) is 0.610. The molecule has 0 bridgehead atoms. The highest BCUT2D eigenvalue weighted by molar-refractivity contribution is 5.77. The molecule has 0 aliphatic rings. The van der Waals surface area contributed by atoms with E-state index in [1.54, 1.807) is 0 Å². The lowest BCUT2D eigenvalue weighted by Crippen LogP contribution is -2.06. The van der Waals surface area contributed by atoms with E-state index < -0.39 is 28.9 Å². The molecule has 19 heavy (non-hydrogen) atoms. The van der Waals surface area contributed by atoms with Crippen molar-refractivity contribution in [2.24, 2.45) is 0 Å². The third-order valence-corrected chi connectivity index (χ3v) is 2.61. The minimum Gasteiger partial charge on any atom is -0.398 e. The molecule has 0 amide bonds. The largest absolute Gasteiger partial charge is 0.416 e. The lowest BCUT2D eigenvalue weighted by molar-refractivity contribution is -0.137. The predicted molar refractivity (Wildman–Crippen MR) is 61.2 cm³/mol. The van der Waals surface area contributed by atoms with E-state index in [0.717, 1.165) is 30.3 Å². The second-order valence-corrected chi connectivity index (χ2v) is 3.90. The number of nitrogen functional groups attached to an aromatic ring is 1. The number of rotatable bonds is 1. The van der Waals surface area contributed by atoms with Crippen LogP contribution in [0.2, 0.25) is 0 Å². The first-order chi connectivity index (χ1) is 8.80. The fourth-order valence-electron chi connectivity index (χ4n) is 1.70. The van der Waals surface area contributed by atoms with Crippen LogP contribution in [0.4, 0.5) is 27.6 Å². The Bertz CT molecular complexity index is 599. The Morgan fingerprint density at radius 1 is 0.895 bits per heavy atom. The molecule has 0 unspecified atom stereocenters. The van der Waals surface area contributed by atoms with Crippen molar-refractivity contribution in [3.8, 4) is 11.1 Å². The average molecular weight is 273 g/mol. The standard InChI is InChI=1S/C13H8F5N/c14-9-2-1-3-10(15)12(9)8-6-7(13(16,17)18)4-5-11(8)19/h1-6H,19H2. The summed E-state index contributed by atoms with van der Waals surface area (Å²) in [5.41, 5.74) is 3.48. The normalized spacial score (nSPS) is 11.6. The minimum absolute atomic E-state index is 0.128. The monoisotopic (exact) mass is 273 g/mol. The van der Waals surface area contributed by atoms with Crippen LogP contribution >= 0.6 is 0 Å². The summed E-state index contributed by atoms with van der Waals surface area (Å²) >= 11 is 0. The lowest BCUT2D eigenvalue weighted by atomic mass is 10.00. The molecule has 0 atom stereocenters. The fraction of sp³-hybridized carbons (Fsp3) is 0.0769. The third kappa shape index (κ3) is 2.52. The summed E-state index contributed by atoms with van der Waals surface area (Å²) in [5.74, 6) is -1.93. The summed E-state index contributed by atoms with van der Waals surface area (Å²) in [6, 6.07) is 5.41. The van der Waals surface area contributed by atoms with Gasteiger partial charge in [-0.25, -0.2) is 8.78 Å². The van der Waals surface area contributed by atoms with E-state index >= 15 is 0 Å². The van der Waals surface area contributed by atoms with Crippen LogP contribution in [0.15, 0.2) is 36.4 Å². The van der Waals surface area contributed by atoms with Crippen molar-refractivity contribution in [2.75, 3.05) is 5.73 Å². The molecule has 100 valence electrons. The number of anilines is 1. The summed E-state index contributed by atoms with van der Waals surface area (Å²) in [6.45, 7) is 0. The average Bonchev–Trinajstić information content (AvgIpc) is 2.29. The van der Waals surface area contributed by atoms with Crippen LogP contribution in [0.1, 0.15) is 5.56 Å². The molecular formula is C13H8F5N. The lowest BCUT2D eigenvalue weighted by Gasteiger charge is -2.12. The van der Waals surface area contributed by atoms with Gasteiger partial charge in [-0.05, 0) is 30.3 Å². The Hall–Kier alpha value is -2.11. The van der Waals surface area contributed by atoms with Crippen molar-refractivity contribution in [2.45, 2.75) is 6.18 Å². The van der Waals surface area contributed by atoms with Gasteiger partial charge in [0.15, 0.2) is 0 Å². The molecule has 0 aliphatic carbocycles. The summed E-state index contributed by atoms with van der Waals surface area (Å²) in [6.07, 6.45) is -4.61. The molecular weight excluding hydrogens is 265 g/mol. The van der Waals surface area contributed by atoms with Gasteiger partial charge in [-0.15, -0.1) is 0 Å². The van der Waals surface area contributed by atoms with Gasteiger partial charge in [0, 0.05) is 11.3 Å². The maximum atomic E-state index is 13.6. The molecule has 0 saturated carbocycles. The van der Waals surface area contributed by atoms with Gasteiger partial charge >= 0.3 is 6.18 Å². The number of hydrogen-bond donors (Lipinski definition) is 1. The van der Waals surface area contributed by atoms with Gasteiger partial charge in [-0.3, -0.25) is 0 Å². The van der Waals surface area contributed by atoms with E-state index in [0.29, 0.717) is 6.07 Å². The second kappa shape index (κ2) is 4.53. The smallest absolute Gasteiger partial charge is 0.398 e. The molecule has 0 fully saturated rings. The molecule has 2 rings (SSSR count). The zero-order chi connectivity index (χ0) is 14.2. The van der Waals surface area contributed by atoms with Crippen LogP contribution in [-0.4, -0.2) is 0 Å². The molecule has 0 radical (unpaired) electrons. The van der Waals surface area contributed by atoms with Gasteiger partial charge < -0.3 is 5.73 Å². The van der Waals surface area contributed by atoms with Crippen LogP contribution in [0, 0.1) is 11.6 Å². The van der Waals surface area contributed by atoms with E-state index in [9.17, 15) is 22.0 Å². The Morgan fingerprint density at radius 2 is 1.47 bits per heavy atom. The number of alkyl halides is 3. The Balaban J connectivity index is 2.69. The van der Waals surface area contributed by atoms with Gasteiger partial charge in [0.1, 0.15) is 11.6 Å². The number of nitrogens with two attached hydrogens (primary N) is 1. The Morgan fingerprint density at radius 3 is 2.00 bits per heavy atom. The third-order valence-electron chi connectivity index (χ3n) is 2.61. The SMILES string of the molecule is Nc1ccc(C(F)(F)F)cc1-c1c(F)cccc1F. The molecule has 0 heterocycles. The van der Waals surface area contributed by atoms with Gasteiger partial charge in [-0.1, -0.05) is 6.07 Å². The van der Waals surface area contributed by atoms with Crippen LogP contribution < -0.4 is 5.73 Å². The predicted octanol–water partition coefficient (Wildman–Crippen LogP) is 4.23. The Kier molecular flexibility index (Phi) is 3.18. The van der Waals surface area contributed by atoms with E-state index in [-0.39, 0.29) is 11.3 Å². The van der Waals surface area contributed by atoms with Crippen LogP contribution in [-0.2, 0) is 6.18 Å². The molecule has 0 saturated heterocycles. The number of halogens is 5. The summed E-state index contributed by atoms with van der Waals surface area (Å²) < 4.78 is 64.9. The highest BCUT2D eigenvalue weighted by Gasteiger charge is 2.31. The molecule has 1 nitrogen and oxygen atoms in total. The minimum atomic E-state index is -4.61. The van der Waals surface area contributed by atoms with Crippen molar-refractivity contribution in [3.63, 3.8) is 0 Å². The topological polar surface area (TPSA) is 26.0 Å². The number of benzene rings is 2. The Labute approximate surface area is 105 Å². The summed E-state index contributed by atoms with van der Waals surface area (Å²) in [7, 11) is 0. The van der Waals surface area contributed by atoms with Gasteiger partial charge in [0.05, 0.1) is 11.1 Å². The van der Waals surface area contributed by atoms with Gasteiger partial charge in [-0.2, -0.15) is 13.2 Å². The zero-order valence-electron chi connectivity index (χ0n) is 9.43. The first-order valence-electron chi connectivity index (χ1n) is 5.22. The maximum absolute atomic E-state index is 13.6. The number of hydrogen-bond acceptors (Lipinski definition) is 1. The van der Waals surface area contributed by atoms with E-state index in [2.05, 4.69) is 0 Å². The fourth-order valence-corrected chi connectivity index (χ4v) is 1.70. The van der Waals surface area contributed by atoms with E-state index in [1.165, 1.54) is 0 Å². The second-order valence-electron chi connectivity index (χ2n) is 3.90. The van der Waals surface area contributed by atoms with Crippen molar-refractivity contribution in [1.29, 1.82) is 0 Å². The van der Waals surface area contributed by atoms with Gasteiger partial charge in [0.2, 0.25) is 0 Å². The molecule has 2 aromatic carbocycles. The maximum Gasteiger partial charge on any atom is 0.416 e. The molecule has 0 aliphatic heterocycles. The van der Waals surface area contributed by atoms with Crippen molar-refractivity contribution < 1.29 is 22.0 Å². The van der Waals surface area contributed by atoms with Crippen LogP contribution in [0.3, 0.4) is 0 Å². The van der Waals surface area contributed by atoms with E-state index in [4.69, 9.17) is 5.73 Å². The van der Waals surface area contributed by atoms with Crippen LogP contribution in [0.25, 0.3) is 11.1 Å². The van der Waals surface area contributed by atoms with Crippen molar-refractivity contribution in [1.82, 2.24) is 0 Å². The highest BCUT2D eigenvalue weighted by Crippen LogP contribution is 2.36. The molecule has 0 aromatic heterocycles. The van der Waals surface area contributed by atoms with Crippen LogP contribution in [0.5, 0.6) is 0 Å². The van der Waals surface area contributed by atoms with E-state index in [1.807, 2.05) is 0 Å².